The molecular weight excluding hydrogens is 380 g/mol. The number of hydrogen-bond donors (Lipinski definition) is 3. The van der Waals surface area contributed by atoms with Gasteiger partial charge in [-0.2, -0.15) is 0 Å². The number of aliphatic hydroxyl groups excluding tert-OH is 1. The normalized spacial score (nSPS) is 31.8. The highest BCUT2D eigenvalue weighted by Crippen LogP contribution is 2.44. The fourth-order valence-electron chi connectivity index (χ4n) is 2.73. The Kier molecular flexibility index (Phi) is 6.48. The van der Waals surface area contributed by atoms with Crippen LogP contribution < -0.4 is 16.3 Å². The number of H-pyrrole nitrogens is 1. The fourth-order valence-corrected chi connectivity index (χ4v) is 4.28. The van der Waals surface area contributed by atoms with Crippen molar-refractivity contribution < 1.29 is 23.3 Å². The molecule has 6 atom stereocenters. The standard InChI is InChI=1S/C16H27FN3O6P/c1-9(2)10(3)19-27(5,24)25-8-11-13(22)16(4,17)14(26-11)20-7-6-12(21)18-15(20)23/h6-7,9-11,13-14,22H,8H2,1-5H3,(H,19,24)(H,18,21,23)/t10-,11+,13-,14+,16+,27?/m0/s1. The van der Waals surface area contributed by atoms with Crippen LogP contribution in [0.25, 0.3) is 0 Å². The molecule has 0 amide bonds. The van der Waals surface area contributed by atoms with Gasteiger partial charge in [-0.3, -0.25) is 18.9 Å². The maximum Gasteiger partial charge on any atom is 0.330 e. The molecule has 0 radical (unpaired) electrons. The Hall–Kier alpha value is -1.32. The van der Waals surface area contributed by atoms with E-state index in [0.717, 1.165) is 23.8 Å². The molecule has 0 aliphatic carbocycles. The third-order valence-electron chi connectivity index (χ3n) is 4.74. The number of aliphatic hydroxyl groups is 1. The Morgan fingerprint density at radius 1 is 1.48 bits per heavy atom. The van der Waals surface area contributed by atoms with Crippen molar-refractivity contribution in [3.8, 4) is 0 Å². The molecule has 1 aromatic heterocycles. The average Bonchev–Trinajstić information content (AvgIpc) is 2.76. The number of ether oxygens (including phenoxy) is 1. The van der Waals surface area contributed by atoms with Crippen LogP contribution in [0.15, 0.2) is 21.9 Å². The van der Waals surface area contributed by atoms with Gasteiger partial charge in [0.25, 0.3) is 13.1 Å². The highest BCUT2D eigenvalue weighted by Gasteiger charge is 2.55. The maximum atomic E-state index is 15.1. The first-order valence-electron chi connectivity index (χ1n) is 8.69. The summed E-state index contributed by atoms with van der Waals surface area (Å²) in [4.78, 5) is 25.1. The molecule has 3 N–H and O–H groups in total. The molecule has 0 bridgehead atoms. The van der Waals surface area contributed by atoms with E-state index in [-0.39, 0.29) is 18.6 Å². The molecule has 154 valence electrons. The Morgan fingerprint density at radius 2 is 2.11 bits per heavy atom. The minimum Gasteiger partial charge on any atom is -0.387 e. The predicted octanol–water partition coefficient (Wildman–Crippen LogP) is 0.997. The largest absolute Gasteiger partial charge is 0.387 e. The van der Waals surface area contributed by atoms with Gasteiger partial charge in [0, 0.05) is 25.0 Å². The summed E-state index contributed by atoms with van der Waals surface area (Å²) in [5.41, 5.74) is -3.82. The quantitative estimate of drug-likeness (QED) is 0.576. The zero-order chi connectivity index (χ0) is 20.6. The van der Waals surface area contributed by atoms with Gasteiger partial charge in [0.15, 0.2) is 11.9 Å². The molecule has 11 heteroatoms. The van der Waals surface area contributed by atoms with Crippen LogP contribution in [-0.2, 0) is 13.8 Å². The Morgan fingerprint density at radius 3 is 2.67 bits per heavy atom. The monoisotopic (exact) mass is 407 g/mol. The lowest BCUT2D eigenvalue weighted by Gasteiger charge is -2.25. The van der Waals surface area contributed by atoms with Gasteiger partial charge in [-0.1, -0.05) is 13.8 Å². The number of halogens is 1. The van der Waals surface area contributed by atoms with Crippen LogP contribution in [0.4, 0.5) is 4.39 Å². The molecular formula is C16H27FN3O6P. The summed E-state index contributed by atoms with van der Waals surface area (Å²) in [7, 11) is -3.21. The number of hydrogen-bond acceptors (Lipinski definition) is 6. The van der Waals surface area contributed by atoms with E-state index in [2.05, 4.69) is 5.09 Å². The van der Waals surface area contributed by atoms with E-state index in [1.165, 1.54) is 6.66 Å². The van der Waals surface area contributed by atoms with E-state index in [0.29, 0.717) is 0 Å². The second kappa shape index (κ2) is 7.97. The first kappa shape index (κ1) is 22.0. The molecule has 1 unspecified atom stereocenters. The molecule has 1 aliphatic rings. The summed E-state index contributed by atoms with van der Waals surface area (Å²) in [5, 5.41) is 13.2. The third kappa shape index (κ3) is 4.94. The molecule has 0 spiro atoms. The molecule has 9 nitrogen and oxygen atoms in total. The van der Waals surface area contributed by atoms with Crippen molar-refractivity contribution >= 4 is 7.52 Å². The number of nitrogens with one attached hydrogen (secondary N) is 2. The van der Waals surface area contributed by atoms with E-state index < -0.39 is 42.9 Å². The number of alkyl halides is 1. The molecule has 0 saturated carbocycles. The van der Waals surface area contributed by atoms with Crippen molar-refractivity contribution in [3.05, 3.63) is 33.1 Å². The first-order valence-corrected chi connectivity index (χ1v) is 10.8. The van der Waals surface area contributed by atoms with E-state index in [9.17, 15) is 19.3 Å². The number of aromatic nitrogens is 2. The number of nitrogens with zero attached hydrogens (tertiary/aromatic N) is 1. The molecule has 1 aromatic rings. The summed E-state index contributed by atoms with van der Waals surface area (Å²) in [5.74, 6) is 0.223. The van der Waals surface area contributed by atoms with Gasteiger partial charge < -0.3 is 14.4 Å². The maximum absolute atomic E-state index is 15.1. The van der Waals surface area contributed by atoms with Crippen LogP contribution in [0.1, 0.15) is 33.9 Å². The van der Waals surface area contributed by atoms with Crippen LogP contribution in [0.2, 0.25) is 0 Å². The zero-order valence-electron chi connectivity index (χ0n) is 16.0. The van der Waals surface area contributed by atoms with Crippen LogP contribution >= 0.6 is 7.52 Å². The molecule has 2 rings (SSSR count). The summed E-state index contributed by atoms with van der Waals surface area (Å²) >= 11 is 0. The minimum absolute atomic E-state index is 0.0748. The van der Waals surface area contributed by atoms with Crippen LogP contribution in [0.5, 0.6) is 0 Å². The smallest absolute Gasteiger partial charge is 0.330 e. The highest BCUT2D eigenvalue weighted by molar-refractivity contribution is 7.56. The molecule has 2 heterocycles. The molecule has 1 fully saturated rings. The van der Waals surface area contributed by atoms with Gasteiger partial charge in [-0.05, 0) is 19.8 Å². The highest BCUT2D eigenvalue weighted by atomic mass is 31.2. The van der Waals surface area contributed by atoms with Crippen molar-refractivity contribution in [2.45, 2.75) is 57.8 Å². The van der Waals surface area contributed by atoms with Crippen molar-refractivity contribution in [2.24, 2.45) is 5.92 Å². The summed E-state index contributed by atoms with van der Waals surface area (Å²) in [6.07, 6.45) is -3.14. The Labute approximate surface area is 156 Å². The van der Waals surface area contributed by atoms with Crippen LogP contribution in [-0.4, -0.2) is 51.8 Å². The predicted molar refractivity (Wildman–Crippen MR) is 97.7 cm³/mol. The second-order valence-corrected chi connectivity index (χ2v) is 9.65. The molecule has 27 heavy (non-hydrogen) atoms. The van der Waals surface area contributed by atoms with Crippen molar-refractivity contribution in [3.63, 3.8) is 0 Å². The van der Waals surface area contributed by atoms with Crippen LogP contribution in [0, 0.1) is 5.92 Å². The van der Waals surface area contributed by atoms with Crippen molar-refractivity contribution in [1.29, 1.82) is 0 Å². The molecule has 0 aromatic carbocycles. The zero-order valence-corrected chi connectivity index (χ0v) is 16.9. The van der Waals surface area contributed by atoms with Gasteiger partial charge in [-0.25, -0.2) is 14.3 Å². The van der Waals surface area contributed by atoms with Gasteiger partial charge in [0.1, 0.15) is 12.2 Å². The van der Waals surface area contributed by atoms with E-state index >= 15 is 4.39 Å². The Balaban J connectivity index is 2.13. The van der Waals surface area contributed by atoms with E-state index in [4.69, 9.17) is 9.26 Å². The summed E-state index contributed by atoms with van der Waals surface area (Å²) in [6.45, 7) is 7.94. The lowest BCUT2D eigenvalue weighted by atomic mass is 9.98. The summed E-state index contributed by atoms with van der Waals surface area (Å²) < 4.78 is 39.3. The third-order valence-corrected chi connectivity index (χ3v) is 6.26. The second-order valence-electron chi connectivity index (χ2n) is 7.44. The first-order chi connectivity index (χ1) is 12.3. The van der Waals surface area contributed by atoms with E-state index in [1.807, 2.05) is 25.8 Å². The Bertz CT molecular complexity index is 823. The van der Waals surface area contributed by atoms with Gasteiger partial charge in [0.2, 0.25) is 0 Å². The summed E-state index contributed by atoms with van der Waals surface area (Å²) in [6, 6.07) is 0.975. The lowest BCUT2D eigenvalue weighted by Crippen LogP contribution is -2.43. The average molecular weight is 407 g/mol. The minimum atomic E-state index is -3.21. The molecule has 1 saturated heterocycles. The lowest BCUT2D eigenvalue weighted by molar-refractivity contribution is -0.0585. The van der Waals surface area contributed by atoms with Gasteiger partial charge in [0.05, 0.1) is 6.61 Å². The van der Waals surface area contributed by atoms with Crippen molar-refractivity contribution in [1.82, 2.24) is 14.6 Å². The van der Waals surface area contributed by atoms with Gasteiger partial charge in [-0.15, -0.1) is 0 Å². The number of rotatable bonds is 7. The topological polar surface area (TPSA) is 123 Å². The van der Waals surface area contributed by atoms with Crippen LogP contribution in [0.3, 0.4) is 0 Å². The fraction of sp³-hybridized carbons (Fsp3) is 0.750. The molecule has 1 aliphatic heterocycles. The SMILES string of the molecule is CC(C)[C@H](C)NP(C)(=O)OC[C@H]1O[C@@H](n2ccc(=O)[nH]c2=O)[C@](C)(F)[C@H]1O. The van der Waals surface area contributed by atoms with Gasteiger partial charge >= 0.3 is 5.69 Å². The van der Waals surface area contributed by atoms with Crippen molar-refractivity contribution in [2.75, 3.05) is 13.3 Å². The number of aromatic amines is 1. The van der Waals surface area contributed by atoms with E-state index in [1.54, 1.807) is 0 Å².